The molecular formula is C16H30O5. The maximum absolute atomic E-state index is 6.01. The first-order chi connectivity index (χ1) is 10.1. The zero-order chi connectivity index (χ0) is 15.3. The molecule has 0 saturated carbocycles. The topological polar surface area (TPSA) is 46.2 Å². The predicted molar refractivity (Wildman–Crippen MR) is 79.1 cm³/mol. The molecule has 0 aromatic heterocycles. The van der Waals surface area contributed by atoms with E-state index in [0.29, 0.717) is 6.61 Å². The van der Waals surface area contributed by atoms with Gasteiger partial charge in [0.25, 0.3) is 0 Å². The zero-order valence-electron chi connectivity index (χ0n) is 13.8. The number of hydrogen-bond donors (Lipinski definition) is 0. The largest absolute Gasteiger partial charge is 0.379 e. The van der Waals surface area contributed by atoms with Crippen molar-refractivity contribution in [3.8, 4) is 0 Å². The van der Waals surface area contributed by atoms with E-state index in [1.165, 1.54) is 0 Å². The van der Waals surface area contributed by atoms with E-state index in [-0.39, 0.29) is 24.6 Å². The van der Waals surface area contributed by atoms with Crippen molar-refractivity contribution in [3.05, 3.63) is 0 Å². The molecule has 2 aliphatic rings. The summed E-state index contributed by atoms with van der Waals surface area (Å²) in [5, 5.41) is 0. The van der Waals surface area contributed by atoms with Crippen molar-refractivity contribution < 1.29 is 23.7 Å². The maximum atomic E-state index is 6.01. The van der Waals surface area contributed by atoms with Crippen LogP contribution in [0.1, 0.15) is 53.4 Å². The van der Waals surface area contributed by atoms with Gasteiger partial charge in [-0.3, -0.25) is 0 Å². The lowest BCUT2D eigenvalue weighted by Gasteiger charge is -2.25. The van der Waals surface area contributed by atoms with Crippen LogP contribution in [0.4, 0.5) is 0 Å². The smallest absolute Gasteiger partial charge is 0.190 e. The average molecular weight is 302 g/mol. The lowest BCUT2D eigenvalue weighted by atomic mass is 10.1. The second-order valence-electron chi connectivity index (χ2n) is 6.26. The predicted octanol–water partition coefficient (Wildman–Crippen LogP) is 2.86. The minimum atomic E-state index is -0.601. The molecule has 0 aromatic carbocycles. The van der Waals surface area contributed by atoms with Crippen molar-refractivity contribution in [2.24, 2.45) is 0 Å². The van der Waals surface area contributed by atoms with Crippen molar-refractivity contribution in [1.29, 1.82) is 0 Å². The van der Waals surface area contributed by atoms with Gasteiger partial charge in [0.2, 0.25) is 0 Å². The molecule has 0 aromatic rings. The third-order valence-electron chi connectivity index (χ3n) is 3.82. The molecule has 0 radical (unpaired) electrons. The molecule has 2 rings (SSSR count). The fraction of sp³-hybridized carbons (Fsp3) is 1.00. The van der Waals surface area contributed by atoms with Crippen molar-refractivity contribution >= 4 is 0 Å². The highest BCUT2D eigenvalue weighted by atomic mass is 16.8. The van der Waals surface area contributed by atoms with E-state index in [1.54, 1.807) is 0 Å². The highest BCUT2D eigenvalue weighted by Crippen LogP contribution is 2.38. The Balaban J connectivity index is 1.87. The van der Waals surface area contributed by atoms with E-state index < -0.39 is 5.79 Å². The van der Waals surface area contributed by atoms with E-state index in [1.807, 2.05) is 13.8 Å². The summed E-state index contributed by atoms with van der Waals surface area (Å²) in [6.07, 6.45) is 3.65. The Morgan fingerprint density at radius 3 is 2.43 bits per heavy atom. The highest BCUT2D eigenvalue weighted by molar-refractivity contribution is 4.94. The lowest BCUT2D eigenvalue weighted by molar-refractivity contribution is -0.223. The summed E-state index contributed by atoms with van der Waals surface area (Å²) in [7, 11) is 0. The Morgan fingerprint density at radius 1 is 1.00 bits per heavy atom. The number of unbranched alkanes of at least 4 members (excludes halogenated alkanes) is 2. The monoisotopic (exact) mass is 302 g/mol. The Labute approximate surface area is 128 Å². The molecule has 21 heavy (non-hydrogen) atoms. The highest BCUT2D eigenvalue weighted by Gasteiger charge is 2.55. The van der Waals surface area contributed by atoms with Gasteiger partial charge < -0.3 is 23.7 Å². The molecule has 2 fully saturated rings. The molecular weight excluding hydrogens is 272 g/mol. The first-order valence-corrected chi connectivity index (χ1v) is 8.28. The molecule has 124 valence electrons. The number of rotatable bonds is 9. The van der Waals surface area contributed by atoms with Gasteiger partial charge in [-0.1, -0.05) is 26.7 Å². The molecule has 2 heterocycles. The summed E-state index contributed by atoms with van der Waals surface area (Å²) in [4.78, 5) is 0. The second kappa shape index (κ2) is 7.88. The zero-order valence-corrected chi connectivity index (χ0v) is 13.8. The normalized spacial score (nSPS) is 34.3. The Hall–Kier alpha value is -0.200. The number of hydrogen-bond acceptors (Lipinski definition) is 5. The molecule has 0 aliphatic carbocycles. The van der Waals surface area contributed by atoms with E-state index in [2.05, 4.69) is 13.8 Å². The molecule has 5 nitrogen and oxygen atoms in total. The lowest BCUT2D eigenvalue weighted by Crippen LogP contribution is -2.39. The summed E-state index contributed by atoms with van der Waals surface area (Å²) in [5.74, 6) is -0.601. The van der Waals surface area contributed by atoms with E-state index in [9.17, 15) is 0 Å². The third-order valence-corrected chi connectivity index (χ3v) is 3.82. The van der Waals surface area contributed by atoms with Crippen molar-refractivity contribution in [2.75, 3.05) is 19.8 Å². The Kier molecular flexibility index (Phi) is 6.44. The standard InChI is InChI=1S/C16H30O5/c1-5-7-9-17-11-12-13(18-10-8-6-2)14-15(19-12)21-16(3,4)20-14/h12-15H,5-11H2,1-4H3/t12-,13?,14?,15-/m1/s1. The molecule has 2 aliphatic heterocycles. The average Bonchev–Trinajstić information content (AvgIpc) is 2.88. The summed E-state index contributed by atoms with van der Waals surface area (Å²) in [5.41, 5.74) is 0. The van der Waals surface area contributed by atoms with Gasteiger partial charge in [0.05, 0.1) is 6.61 Å². The molecule has 4 atom stereocenters. The van der Waals surface area contributed by atoms with Crippen LogP contribution < -0.4 is 0 Å². The second-order valence-corrected chi connectivity index (χ2v) is 6.26. The molecule has 0 N–H and O–H groups in total. The van der Waals surface area contributed by atoms with Gasteiger partial charge in [-0.25, -0.2) is 0 Å². The van der Waals surface area contributed by atoms with Crippen LogP contribution >= 0.6 is 0 Å². The van der Waals surface area contributed by atoms with Crippen LogP contribution in [0, 0.1) is 0 Å². The van der Waals surface area contributed by atoms with E-state index >= 15 is 0 Å². The molecule has 5 heteroatoms. The summed E-state index contributed by atoms with van der Waals surface area (Å²) < 4.78 is 29.4. The van der Waals surface area contributed by atoms with Gasteiger partial charge >= 0.3 is 0 Å². The number of fused-ring (bicyclic) bond motifs is 1. The molecule has 0 spiro atoms. The Morgan fingerprint density at radius 2 is 1.71 bits per heavy atom. The SMILES string of the molecule is CCCCOC[C@H]1O[C@@H]2OC(C)(C)OC2C1OCCCC. The summed E-state index contributed by atoms with van der Waals surface area (Å²) in [6.45, 7) is 10.1. The van der Waals surface area contributed by atoms with Crippen LogP contribution in [0.3, 0.4) is 0 Å². The van der Waals surface area contributed by atoms with Gasteiger partial charge in [0, 0.05) is 13.2 Å². The van der Waals surface area contributed by atoms with E-state index in [0.717, 1.165) is 38.9 Å². The Bertz CT molecular complexity index is 307. The fourth-order valence-corrected chi connectivity index (χ4v) is 2.69. The van der Waals surface area contributed by atoms with Crippen LogP contribution in [-0.2, 0) is 23.7 Å². The summed E-state index contributed by atoms with van der Waals surface area (Å²) >= 11 is 0. The van der Waals surface area contributed by atoms with Crippen LogP contribution in [0.25, 0.3) is 0 Å². The van der Waals surface area contributed by atoms with Crippen LogP contribution in [0.2, 0.25) is 0 Å². The maximum Gasteiger partial charge on any atom is 0.190 e. The van der Waals surface area contributed by atoms with Crippen LogP contribution in [0.15, 0.2) is 0 Å². The summed E-state index contributed by atoms with van der Waals surface area (Å²) in [6, 6.07) is 0. The van der Waals surface area contributed by atoms with Crippen molar-refractivity contribution in [1.82, 2.24) is 0 Å². The minimum Gasteiger partial charge on any atom is -0.379 e. The molecule has 2 unspecified atom stereocenters. The van der Waals surface area contributed by atoms with E-state index in [4.69, 9.17) is 23.7 Å². The van der Waals surface area contributed by atoms with Gasteiger partial charge in [-0.2, -0.15) is 0 Å². The van der Waals surface area contributed by atoms with Crippen LogP contribution in [-0.4, -0.2) is 50.2 Å². The first kappa shape index (κ1) is 17.2. The van der Waals surface area contributed by atoms with Crippen molar-refractivity contribution in [2.45, 2.75) is 83.8 Å². The van der Waals surface area contributed by atoms with Crippen LogP contribution in [0.5, 0.6) is 0 Å². The minimum absolute atomic E-state index is 0.107. The number of ether oxygens (including phenoxy) is 5. The first-order valence-electron chi connectivity index (χ1n) is 8.28. The van der Waals surface area contributed by atoms with Gasteiger partial charge in [0.1, 0.15) is 18.3 Å². The van der Waals surface area contributed by atoms with Gasteiger partial charge in [-0.05, 0) is 26.7 Å². The third kappa shape index (κ3) is 4.63. The molecule has 0 bridgehead atoms. The molecule has 2 saturated heterocycles. The van der Waals surface area contributed by atoms with Gasteiger partial charge in [-0.15, -0.1) is 0 Å². The fourth-order valence-electron chi connectivity index (χ4n) is 2.69. The van der Waals surface area contributed by atoms with Gasteiger partial charge in [0.15, 0.2) is 12.1 Å². The molecule has 0 amide bonds. The quantitative estimate of drug-likeness (QED) is 0.613. The van der Waals surface area contributed by atoms with Crippen molar-refractivity contribution in [3.63, 3.8) is 0 Å².